The van der Waals surface area contributed by atoms with Crippen LogP contribution < -0.4 is 0 Å². The van der Waals surface area contributed by atoms with Gasteiger partial charge in [0.1, 0.15) is 5.76 Å². The Morgan fingerprint density at radius 2 is 1.57 bits per heavy atom. The normalized spacial score (nSPS) is 19.0. The van der Waals surface area contributed by atoms with Gasteiger partial charge in [-0.1, -0.05) is 24.6 Å². The number of rotatable bonds is 2. The number of carbonyl (C=O) groups is 2. The second-order valence-corrected chi connectivity index (χ2v) is 5.94. The summed E-state index contributed by atoms with van der Waals surface area (Å²) in [5.41, 5.74) is 4.58. The fourth-order valence-corrected chi connectivity index (χ4v) is 3.42. The van der Waals surface area contributed by atoms with Crippen LogP contribution in [0.25, 0.3) is 0 Å². The van der Waals surface area contributed by atoms with E-state index >= 15 is 0 Å². The van der Waals surface area contributed by atoms with Crippen molar-refractivity contribution in [1.29, 1.82) is 0 Å². The molecule has 0 amide bonds. The van der Waals surface area contributed by atoms with E-state index in [0.717, 1.165) is 16.7 Å². The van der Waals surface area contributed by atoms with Crippen molar-refractivity contribution in [2.45, 2.75) is 52.9 Å². The lowest BCUT2D eigenvalue weighted by Gasteiger charge is -2.26. The van der Waals surface area contributed by atoms with Crippen molar-refractivity contribution in [1.82, 2.24) is 0 Å². The third-order valence-corrected chi connectivity index (χ3v) is 4.19. The average Bonchev–Trinajstić information content (AvgIpc) is 2.36. The van der Waals surface area contributed by atoms with Crippen LogP contribution in [0.4, 0.5) is 0 Å². The highest BCUT2D eigenvalue weighted by Gasteiger charge is 2.34. The first-order chi connectivity index (χ1) is 9.85. The fraction of sp³-hybridized carbons (Fsp3) is 0.444. The Kier molecular flexibility index (Phi) is 4.31. The summed E-state index contributed by atoms with van der Waals surface area (Å²) < 4.78 is 0. The maximum Gasteiger partial charge on any atom is 0.170 e. The maximum atomic E-state index is 12.2. The largest absolute Gasteiger partial charge is 0.511 e. The minimum atomic E-state index is -0.227. The zero-order valence-corrected chi connectivity index (χ0v) is 13.1. The maximum absolute atomic E-state index is 12.2. The molecule has 1 N–H and O–H groups in total. The molecule has 1 aliphatic carbocycles. The minimum absolute atomic E-state index is 0.0242. The molecule has 3 heteroatoms. The van der Waals surface area contributed by atoms with Crippen molar-refractivity contribution >= 4 is 11.6 Å². The Hall–Kier alpha value is -1.90. The second kappa shape index (κ2) is 5.84. The van der Waals surface area contributed by atoms with Gasteiger partial charge in [-0.2, -0.15) is 0 Å². The molecule has 0 bridgehead atoms. The molecule has 2 rings (SSSR count). The first kappa shape index (κ1) is 15.5. The van der Waals surface area contributed by atoms with Gasteiger partial charge in [-0.3, -0.25) is 9.59 Å². The highest BCUT2D eigenvalue weighted by atomic mass is 16.3. The van der Waals surface area contributed by atoms with E-state index in [2.05, 4.69) is 12.1 Å². The third kappa shape index (κ3) is 2.92. The van der Waals surface area contributed by atoms with Crippen LogP contribution in [0.2, 0.25) is 0 Å². The summed E-state index contributed by atoms with van der Waals surface area (Å²) in [7, 11) is 0. The molecule has 0 heterocycles. The average molecular weight is 286 g/mol. The summed E-state index contributed by atoms with van der Waals surface area (Å²) in [4.78, 5) is 24.5. The number of Topliss-reactive ketones (excluding diaryl/α,β-unsaturated/α-hetero) is 2. The lowest BCUT2D eigenvalue weighted by Crippen LogP contribution is -2.27. The van der Waals surface area contributed by atoms with Crippen molar-refractivity contribution in [3.63, 3.8) is 0 Å². The van der Waals surface area contributed by atoms with E-state index < -0.39 is 0 Å². The molecule has 0 unspecified atom stereocenters. The third-order valence-electron chi connectivity index (χ3n) is 4.19. The molecule has 1 aliphatic rings. The number of allylic oxidation sites excluding steroid dienone is 2. The van der Waals surface area contributed by atoms with Crippen molar-refractivity contribution < 1.29 is 14.7 Å². The number of carbonyl (C=O) groups excluding carboxylic acids is 2. The van der Waals surface area contributed by atoms with Crippen LogP contribution in [0, 0.1) is 20.8 Å². The highest BCUT2D eigenvalue weighted by Crippen LogP contribution is 2.36. The Balaban J connectivity index is 2.39. The van der Waals surface area contributed by atoms with Gasteiger partial charge in [0, 0.05) is 19.3 Å². The van der Waals surface area contributed by atoms with E-state index in [1.807, 2.05) is 20.8 Å². The summed E-state index contributed by atoms with van der Waals surface area (Å²) >= 11 is 0. The Morgan fingerprint density at radius 3 is 2.00 bits per heavy atom. The first-order valence-electron chi connectivity index (χ1n) is 7.41. The van der Waals surface area contributed by atoms with Crippen LogP contribution >= 0.6 is 0 Å². The van der Waals surface area contributed by atoms with Crippen LogP contribution in [0.3, 0.4) is 0 Å². The van der Waals surface area contributed by atoms with Gasteiger partial charge in [-0.15, -0.1) is 0 Å². The quantitative estimate of drug-likeness (QED) is 0.510. The van der Waals surface area contributed by atoms with Crippen LogP contribution in [0.15, 0.2) is 23.5 Å². The minimum Gasteiger partial charge on any atom is -0.511 e. The van der Waals surface area contributed by atoms with Gasteiger partial charge >= 0.3 is 0 Å². The lowest BCUT2D eigenvalue weighted by atomic mass is 9.76. The number of ketones is 2. The molecule has 0 spiro atoms. The van der Waals surface area contributed by atoms with Gasteiger partial charge < -0.3 is 5.11 Å². The van der Waals surface area contributed by atoms with Gasteiger partial charge in [0.15, 0.2) is 11.6 Å². The molecule has 0 saturated heterocycles. The molecule has 0 aliphatic heterocycles. The molecule has 1 saturated carbocycles. The molecular formula is C18H22O3. The molecule has 3 nitrogen and oxygen atoms in total. The first-order valence-corrected chi connectivity index (χ1v) is 7.41. The monoisotopic (exact) mass is 286 g/mol. The number of hydrogen-bond acceptors (Lipinski definition) is 3. The summed E-state index contributed by atoms with van der Waals surface area (Å²) in [5.74, 6) is -0.593. The molecule has 1 fully saturated rings. The lowest BCUT2D eigenvalue weighted by molar-refractivity contribution is -0.124. The van der Waals surface area contributed by atoms with Crippen molar-refractivity contribution in [2.75, 3.05) is 0 Å². The predicted molar refractivity (Wildman–Crippen MR) is 82.6 cm³/mol. The van der Waals surface area contributed by atoms with E-state index in [0.29, 0.717) is 19.3 Å². The SMILES string of the molecule is CCC(O)=C1C(=O)CC(c2c(C)cc(C)cc2C)CC1=O. The summed E-state index contributed by atoms with van der Waals surface area (Å²) in [5, 5.41) is 9.76. The standard InChI is InChI=1S/C18H22O3/c1-5-14(19)18-15(20)8-13(9-16(18)21)17-11(3)6-10(2)7-12(17)4/h6-7,13,19H,5,8-9H2,1-4H3. The topological polar surface area (TPSA) is 54.4 Å². The van der Waals surface area contributed by atoms with Gasteiger partial charge in [-0.05, 0) is 43.4 Å². The van der Waals surface area contributed by atoms with E-state index in [-0.39, 0.29) is 28.8 Å². The Labute approximate surface area is 125 Å². The van der Waals surface area contributed by atoms with Crippen LogP contribution in [0.5, 0.6) is 0 Å². The van der Waals surface area contributed by atoms with Crippen molar-refractivity contribution in [2.24, 2.45) is 0 Å². The number of hydrogen-bond donors (Lipinski definition) is 1. The van der Waals surface area contributed by atoms with Gasteiger partial charge in [-0.25, -0.2) is 0 Å². The van der Waals surface area contributed by atoms with Gasteiger partial charge in [0.2, 0.25) is 0 Å². The summed E-state index contributed by atoms with van der Waals surface area (Å²) in [6.45, 7) is 7.84. The van der Waals surface area contributed by atoms with Gasteiger partial charge in [0.25, 0.3) is 0 Å². The highest BCUT2D eigenvalue weighted by molar-refractivity contribution is 6.22. The molecule has 112 valence electrons. The molecule has 1 aromatic carbocycles. The molecule has 0 radical (unpaired) electrons. The van der Waals surface area contributed by atoms with E-state index in [1.54, 1.807) is 6.92 Å². The van der Waals surface area contributed by atoms with Crippen molar-refractivity contribution in [3.05, 3.63) is 45.7 Å². The zero-order chi connectivity index (χ0) is 15.7. The number of aliphatic hydroxyl groups excluding tert-OH is 1. The van der Waals surface area contributed by atoms with Crippen molar-refractivity contribution in [3.8, 4) is 0 Å². The smallest absolute Gasteiger partial charge is 0.170 e. The summed E-state index contributed by atoms with van der Waals surface area (Å²) in [6.07, 6.45) is 0.922. The molecular weight excluding hydrogens is 264 g/mol. The summed E-state index contributed by atoms with van der Waals surface area (Å²) in [6, 6.07) is 4.18. The van der Waals surface area contributed by atoms with E-state index in [4.69, 9.17) is 0 Å². The zero-order valence-electron chi connectivity index (χ0n) is 13.1. The molecule has 0 atom stereocenters. The molecule has 1 aromatic rings. The number of benzene rings is 1. The van der Waals surface area contributed by atoms with E-state index in [9.17, 15) is 14.7 Å². The Morgan fingerprint density at radius 1 is 1.10 bits per heavy atom. The Bertz CT molecular complexity index is 595. The number of aryl methyl sites for hydroxylation is 3. The van der Waals surface area contributed by atoms with Crippen LogP contribution in [-0.4, -0.2) is 16.7 Å². The van der Waals surface area contributed by atoms with Gasteiger partial charge in [0.05, 0.1) is 5.57 Å². The number of aliphatic hydroxyl groups is 1. The van der Waals surface area contributed by atoms with Crippen LogP contribution in [0.1, 0.15) is 54.4 Å². The second-order valence-electron chi connectivity index (χ2n) is 5.94. The fourth-order valence-electron chi connectivity index (χ4n) is 3.42. The predicted octanol–water partition coefficient (Wildman–Crippen LogP) is 3.85. The van der Waals surface area contributed by atoms with E-state index in [1.165, 1.54) is 5.56 Å². The molecule has 21 heavy (non-hydrogen) atoms. The van der Waals surface area contributed by atoms with Crippen LogP contribution in [-0.2, 0) is 9.59 Å². The molecule has 0 aromatic heterocycles.